The van der Waals surface area contributed by atoms with Crippen molar-refractivity contribution in [2.75, 3.05) is 6.61 Å². The van der Waals surface area contributed by atoms with Gasteiger partial charge in [-0.1, -0.05) is 11.6 Å². The monoisotopic (exact) mass is 487 g/mol. The van der Waals surface area contributed by atoms with Gasteiger partial charge in [0.1, 0.15) is 0 Å². The van der Waals surface area contributed by atoms with E-state index in [1.807, 2.05) is 6.07 Å². The van der Waals surface area contributed by atoms with Crippen LogP contribution < -0.4 is 14.9 Å². The first-order valence-corrected chi connectivity index (χ1v) is 9.96. The van der Waals surface area contributed by atoms with E-state index in [-0.39, 0.29) is 18.1 Å². The van der Waals surface area contributed by atoms with Crippen molar-refractivity contribution in [2.45, 2.75) is 13.8 Å². The number of nitriles is 1. The zero-order valence-corrected chi connectivity index (χ0v) is 18.3. The van der Waals surface area contributed by atoms with Crippen LogP contribution in [0.4, 0.5) is 0 Å². The SMILES string of the molecule is CCOc1cc(C#N)cc(Br)c1OC(=O)c1nn(-c2ccc(Cl)cc2)c(C)cc1=O. The van der Waals surface area contributed by atoms with Gasteiger partial charge in [0.25, 0.3) is 0 Å². The molecule has 0 fully saturated rings. The predicted molar refractivity (Wildman–Crippen MR) is 115 cm³/mol. The molecule has 3 rings (SSSR count). The number of rotatable bonds is 5. The highest BCUT2D eigenvalue weighted by molar-refractivity contribution is 9.10. The fraction of sp³-hybridized carbons (Fsp3) is 0.143. The van der Waals surface area contributed by atoms with Crippen molar-refractivity contribution in [2.24, 2.45) is 0 Å². The summed E-state index contributed by atoms with van der Waals surface area (Å²) >= 11 is 9.20. The Labute approximate surface area is 185 Å². The molecular formula is C21H15BrClN3O4. The molecule has 0 amide bonds. The fourth-order valence-corrected chi connectivity index (χ4v) is 3.32. The fourth-order valence-electron chi connectivity index (χ4n) is 2.67. The van der Waals surface area contributed by atoms with Crippen LogP contribution in [-0.2, 0) is 0 Å². The first-order chi connectivity index (χ1) is 14.3. The highest BCUT2D eigenvalue weighted by atomic mass is 79.9. The summed E-state index contributed by atoms with van der Waals surface area (Å²) in [6.07, 6.45) is 0. The third kappa shape index (κ3) is 4.53. The van der Waals surface area contributed by atoms with Gasteiger partial charge in [0.2, 0.25) is 11.1 Å². The molecule has 1 heterocycles. The van der Waals surface area contributed by atoms with Crippen LogP contribution in [0.5, 0.6) is 11.5 Å². The Morgan fingerprint density at radius 1 is 1.27 bits per heavy atom. The van der Waals surface area contributed by atoms with Crippen LogP contribution >= 0.6 is 27.5 Å². The molecule has 0 atom stereocenters. The number of hydrogen-bond acceptors (Lipinski definition) is 6. The first-order valence-electron chi connectivity index (χ1n) is 8.79. The lowest BCUT2D eigenvalue weighted by Crippen LogP contribution is -2.26. The molecule has 0 saturated carbocycles. The number of esters is 1. The van der Waals surface area contributed by atoms with Crippen molar-refractivity contribution in [3.05, 3.63) is 79.1 Å². The molecular weight excluding hydrogens is 474 g/mol. The van der Waals surface area contributed by atoms with Gasteiger partial charge in [-0.2, -0.15) is 10.4 Å². The van der Waals surface area contributed by atoms with Gasteiger partial charge in [0.05, 0.1) is 28.4 Å². The third-order valence-corrected chi connectivity index (χ3v) is 4.85. The van der Waals surface area contributed by atoms with E-state index in [1.54, 1.807) is 38.1 Å². The van der Waals surface area contributed by atoms with Gasteiger partial charge in [-0.15, -0.1) is 0 Å². The number of aromatic nitrogens is 2. The van der Waals surface area contributed by atoms with Gasteiger partial charge < -0.3 is 9.47 Å². The van der Waals surface area contributed by atoms with Gasteiger partial charge in [-0.25, -0.2) is 9.48 Å². The molecule has 3 aromatic rings. The maximum Gasteiger partial charge on any atom is 0.368 e. The Morgan fingerprint density at radius 2 is 1.97 bits per heavy atom. The van der Waals surface area contributed by atoms with E-state index in [4.69, 9.17) is 26.3 Å². The summed E-state index contributed by atoms with van der Waals surface area (Å²) < 4.78 is 12.7. The lowest BCUT2D eigenvalue weighted by molar-refractivity contribution is 0.0717. The topological polar surface area (TPSA) is 94.2 Å². The maximum atomic E-state index is 12.8. The Morgan fingerprint density at radius 3 is 2.60 bits per heavy atom. The van der Waals surface area contributed by atoms with E-state index in [0.29, 0.717) is 26.4 Å². The minimum atomic E-state index is -0.950. The first kappa shape index (κ1) is 21.6. The van der Waals surface area contributed by atoms with E-state index in [0.717, 1.165) is 0 Å². The molecule has 0 bridgehead atoms. The molecule has 0 radical (unpaired) electrons. The molecule has 0 aliphatic carbocycles. The second-order valence-corrected chi connectivity index (χ2v) is 7.40. The minimum Gasteiger partial charge on any atom is -0.490 e. The second-order valence-electron chi connectivity index (χ2n) is 6.11. The number of aryl methyl sites for hydroxylation is 1. The number of carbonyl (C=O) groups is 1. The van der Waals surface area contributed by atoms with E-state index in [9.17, 15) is 9.59 Å². The van der Waals surface area contributed by atoms with Crippen molar-refractivity contribution in [3.8, 4) is 23.3 Å². The van der Waals surface area contributed by atoms with E-state index < -0.39 is 17.1 Å². The molecule has 0 N–H and O–H groups in total. The van der Waals surface area contributed by atoms with Crippen LogP contribution in [-0.4, -0.2) is 22.4 Å². The van der Waals surface area contributed by atoms with Gasteiger partial charge in [-0.05, 0) is 60.1 Å². The number of ether oxygens (including phenoxy) is 2. The molecule has 1 aromatic heterocycles. The summed E-state index contributed by atoms with van der Waals surface area (Å²) in [7, 11) is 0. The molecule has 9 heteroatoms. The summed E-state index contributed by atoms with van der Waals surface area (Å²) in [5.41, 5.74) is 0.511. The summed E-state index contributed by atoms with van der Waals surface area (Å²) in [5.74, 6) is -0.698. The molecule has 0 aliphatic rings. The van der Waals surface area contributed by atoms with Crippen LogP contribution in [0.15, 0.2) is 51.7 Å². The lowest BCUT2D eigenvalue weighted by atomic mass is 10.2. The normalized spacial score (nSPS) is 10.4. The van der Waals surface area contributed by atoms with E-state index in [1.165, 1.54) is 22.9 Å². The van der Waals surface area contributed by atoms with Crippen LogP contribution in [0.2, 0.25) is 5.02 Å². The molecule has 0 unspecified atom stereocenters. The molecule has 0 aliphatic heterocycles. The molecule has 0 saturated heterocycles. The summed E-state index contributed by atoms with van der Waals surface area (Å²) in [5, 5.41) is 13.9. The molecule has 0 spiro atoms. The van der Waals surface area contributed by atoms with Crippen LogP contribution in [0.25, 0.3) is 5.69 Å². The Balaban J connectivity index is 2.02. The molecule has 2 aromatic carbocycles. The van der Waals surface area contributed by atoms with Gasteiger partial charge in [0.15, 0.2) is 11.5 Å². The minimum absolute atomic E-state index is 0.0562. The summed E-state index contributed by atoms with van der Waals surface area (Å²) in [4.78, 5) is 25.2. The molecule has 30 heavy (non-hydrogen) atoms. The maximum absolute atomic E-state index is 12.8. The van der Waals surface area contributed by atoms with Crippen LogP contribution in [0.3, 0.4) is 0 Å². The average molecular weight is 489 g/mol. The Hall–Kier alpha value is -3.15. The largest absolute Gasteiger partial charge is 0.490 e. The van der Waals surface area contributed by atoms with Gasteiger partial charge >= 0.3 is 5.97 Å². The highest BCUT2D eigenvalue weighted by Crippen LogP contribution is 2.37. The Kier molecular flexibility index (Phi) is 6.55. The van der Waals surface area contributed by atoms with Crippen LogP contribution in [0, 0.1) is 18.3 Å². The van der Waals surface area contributed by atoms with Crippen molar-refractivity contribution >= 4 is 33.5 Å². The summed E-state index contributed by atoms with van der Waals surface area (Å²) in [6, 6.07) is 13.0. The second kappa shape index (κ2) is 9.11. The van der Waals surface area contributed by atoms with Gasteiger partial charge in [0, 0.05) is 22.8 Å². The predicted octanol–water partition coefficient (Wildman–Crippen LogP) is 4.45. The Bertz CT molecular complexity index is 1220. The third-order valence-electron chi connectivity index (χ3n) is 4.01. The van der Waals surface area contributed by atoms with E-state index >= 15 is 0 Å². The quantitative estimate of drug-likeness (QED) is 0.389. The average Bonchev–Trinajstić information content (AvgIpc) is 2.71. The number of hydrogen-bond donors (Lipinski definition) is 0. The van der Waals surface area contributed by atoms with E-state index in [2.05, 4.69) is 21.0 Å². The van der Waals surface area contributed by atoms with Crippen molar-refractivity contribution in [1.82, 2.24) is 9.78 Å². The standard InChI is InChI=1S/C21H15BrClN3O4/c1-3-29-18-10-13(11-24)9-16(22)20(18)30-21(28)19-17(27)8-12(2)26(25-19)15-6-4-14(23)5-7-15/h4-10H,3H2,1-2H3. The number of nitrogens with zero attached hydrogens (tertiary/aromatic N) is 3. The summed E-state index contributed by atoms with van der Waals surface area (Å²) in [6.45, 7) is 3.74. The zero-order valence-electron chi connectivity index (χ0n) is 16.0. The lowest BCUT2D eigenvalue weighted by Gasteiger charge is -2.14. The number of benzene rings is 2. The smallest absolute Gasteiger partial charge is 0.368 e. The van der Waals surface area contributed by atoms with Crippen molar-refractivity contribution in [1.29, 1.82) is 5.26 Å². The molecule has 7 nitrogen and oxygen atoms in total. The van der Waals surface area contributed by atoms with Gasteiger partial charge in [-0.3, -0.25) is 4.79 Å². The number of halogens is 2. The van der Waals surface area contributed by atoms with Crippen LogP contribution in [0.1, 0.15) is 28.7 Å². The molecule has 152 valence electrons. The van der Waals surface area contributed by atoms with Crippen molar-refractivity contribution in [3.63, 3.8) is 0 Å². The van der Waals surface area contributed by atoms with Crippen molar-refractivity contribution < 1.29 is 14.3 Å². The zero-order chi connectivity index (χ0) is 21.8. The number of carbonyl (C=O) groups excluding carboxylic acids is 1. The highest BCUT2D eigenvalue weighted by Gasteiger charge is 2.22.